The zero-order valence-electron chi connectivity index (χ0n) is 6.73. The molecule has 2 rings (SSSR count). The van der Waals surface area contributed by atoms with Crippen molar-refractivity contribution in [3.8, 4) is 5.69 Å². The highest BCUT2D eigenvalue weighted by atomic mass is 15.4. The Balaban J connectivity index is 2.55. The van der Waals surface area contributed by atoms with E-state index in [1.165, 1.54) is 0 Å². The van der Waals surface area contributed by atoms with E-state index in [4.69, 9.17) is 0 Å². The van der Waals surface area contributed by atoms with Crippen LogP contribution in [0.3, 0.4) is 0 Å². The second-order valence-electron chi connectivity index (χ2n) is 2.55. The highest BCUT2D eigenvalue weighted by Gasteiger charge is 1.98. The molecule has 1 aromatic carbocycles. The van der Waals surface area contributed by atoms with Crippen LogP contribution in [0.15, 0.2) is 30.6 Å². The van der Waals surface area contributed by atoms with Crippen molar-refractivity contribution in [1.29, 1.82) is 0 Å². The van der Waals surface area contributed by atoms with Gasteiger partial charge in [-0.15, -0.1) is 5.10 Å². The van der Waals surface area contributed by atoms with Crippen molar-refractivity contribution in [2.24, 2.45) is 0 Å². The number of para-hydroxylation sites is 1. The molecule has 3 nitrogen and oxygen atoms in total. The van der Waals surface area contributed by atoms with Gasteiger partial charge in [0.15, 0.2) is 0 Å². The molecule has 2 aromatic rings. The van der Waals surface area contributed by atoms with Gasteiger partial charge in [0.05, 0.1) is 18.1 Å². The van der Waals surface area contributed by atoms with Crippen molar-refractivity contribution in [2.75, 3.05) is 0 Å². The summed E-state index contributed by atoms with van der Waals surface area (Å²) in [6, 6.07) is 8.94. The van der Waals surface area contributed by atoms with Crippen LogP contribution >= 0.6 is 0 Å². The Morgan fingerprint density at radius 1 is 1.50 bits per heavy atom. The van der Waals surface area contributed by atoms with Gasteiger partial charge >= 0.3 is 0 Å². The molecule has 0 aliphatic rings. The number of rotatable bonds is 1. The van der Waals surface area contributed by atoms with Gasteiger partial charge in [-0.1, -0.05) is 23.4 Å². The van der Waals surface area contributed by atoms with Gasteiger partial charge in [-0.3, -0.25) is 0 Å². The Hall–Kier alpha value is -1.64. The highest BCUT2D eigenvalue weighted by Crippen LogP contribution is 2.09. The Kier molecular flexibility index (Phi) is 1.63. The van der Waals surface area contributed by atoms with Crippen LogP contribution in [0.25, 0.3) is 5.69 Å². The molecule has 0 unspecified atom stereocenters. The van der Waals surface area contributed by atoms with E-state index in [0.717, 1.165) is 11.3 Å². The Bertz CT molecular complexity index is 365. The fraction of sp³-hybridized carbons (Fsp3) is 0.111. The average molecular weight is 158 g/mol. The molecule has 0 N–H and O–H groups in total. The van der Waals surface area contributed by atoms with Gasteiger partial charge in [-0.25, -0.2) is 4.68 Å². The summed E-state index contributed by atoms with van der Waals surface area (Å²) in [6.07, 6.45) is 3.46. The van der Waals surface area contributed by atoms with Crippen molar-refractivity contribution in [1.82, 2.24) is 15.0 Å². The lowest BCUT2D eigenvalue weighted by Gasteiger charge is -2.01. The Morgan fingerprint density at radius 2 is 2.42 bits per heavy atom. The van der Waals surface area contributed by atoms with Crippen LogP contribution in [0, 0.1) is 13.0 Å². The zero-order chi connectivity index (χ0) is 8.39. The zero-order valence-corrected chi connectivity index (χ0v) is 6.73. The Morgan fingerprint density at radius 3 is 3.08 bits per heavy atom. The lowest BCUT2D eigenvalue weighted by Crippen LogP contribution is -1.97. The lowest BCUT2D eigenvalue weighted by molar-refractivity contribution is 0.797. The van der Waals surface area contributed by atoms with E-state index in [0.29, 0.717) is 0 Å². The fourth-order valence-corrected chi connectivity index (χ4v) is 1.09. The summed E-state index contributed by atoms with van der Waals surface area (Å²) >= 11 is 0. The van der Waals surface area contributed by atoms with E-state index in [1.54, 1.807) is 17.1 Å². The minimum absolute atomic E-state index is 0.954. The Labute approximate surface area is 70.6 Å². The van der Waals surface area contributed by atoms with Crippen molar-refractivity contribution in [3.05, 3.63) is 42.2 Å². The van der Waals surface area contributed by atoms with Gasteiger partial charge in [0.25, 0.3) is 0 Å². The number of aromatic nitrogens is 3. The summed E-state index contributed by atoms with van der Waals surface area (Å²) < 4.78 is 1.70. The van der Waals surface area contributed by atoms with Crippen LogP contribution in [-0.4, -0.2) is 15.0 Å². The van der Waals surface area contributed by atoms with Crippen LogP contribution in [0.5, 0.6) is 0 Å². The summed E-state index contributed by atoms with van der Waals surface area (Å²) in [5, 5.41) is 7.62. The molecule has 1 radical (unpaired) electrons. The topological polar surface area (TPSA) is 30.7 Å². The summed E-state index contributed by atoms with van der Waals surface area (Å²) in [5.74, 6) is 0. The molecule has 0 spiro atoms. The van der Waals surface area contributed by atoms with Crippen LogP contribution in [0.4, 0.5) is 0 Å². The van der Waals surface area contributed by atoms with Crippen LogP contribution in [0.2, 0.25) is 0 Å². The van der Waals surface area contributed by atoms with E-state index < -0.39 is 0 Å². The van der Waals surface area contributed by atoms with E-state index in [2.05, 4.69) is 16.4 Å². The normalized spacial score (nSPS) is 10.1. The standard InChI is InChI=1S/C9H8N3/c1-8-4-2-3-5-9(8)12-7-6-10-11-12/h2-4,6-7H,1H3. The van der Waals surface area contributed by atoms with Crippen molar-refractivity contribution in [3.63, 3.8) is 0 Å². The summed E-state index contributed by atoms with van der Waals surface area (Å²) in [7, 11) is 0. The monoisotopic (exact) mass is 158 g/mol. The maximum absolute atomic E-state index is 3.88. The molecule has 59 valence electrons. The number of hydrogen-bond acceptors (Lipinski definition) is 2. The molecule has 0 amide bonds. The number of hydrogen-bond donors (Lipinski definition) is 0. The molecule has 0 saturated heterocycles. The van der Waals surface area contributed by atoms with Crippen LogP contribution in [-0.2, 0) is 0 Å². The van der Waals surface area contributed by atoms with Crippen LogP contribution < -0.4 is 0 Å². The van der Waals surface area contributed by atoms with Crippen LogP contribution in [0.1, 0.15) is 5.56 Å². The van der Waals surface area contributed by atoms with Gasteiger partial charge < -0.3 is 0 Å². The minimum Gasteiger partial charge on any atom is -0.220 e. The number of aryl methyl sites for hydroxylation is 1. The van der Waals surface area contributed by atoms with Gasteiger partial charge in [-0.2, -0.15) is 0 Å². The van der Waals surface area contributed by atoms with E-state index in [9.17, 15) is 0 Å². The van der Waals surface area contributed by atoms with Crippen molar-refractivity contribution >= 4 is 0 Å². The predicted octanol–water partition coefficient (Wildman–Crippen LogP) is 1.38. The van der Waals surface area contributed by atoms with Gasteiger partial charge in [0.1, 0.15) is 0 Å². The van der Waals surface area contributed by atoms with E-state index >= 15 is 0 Å². The predicted molar refractivity (Wildman–Crippen MR) is 44.9 cm³/mol. The fourth-order valence-electron chi connectivity index (χ4n) is 1.09. The molecule has 12 heavy (non-hydrogen) atoms. The third-order valence-electron chi connectivity index (χ3n) is 1.69. The highest BCUT2D eigenvalue weighted by molar-refractivity contribution is 5.37. The molecule has 0 bridgehead atoms. The molecule has 0 aliphatic heterocycles. The van der Waals surface area contributed by atoms with Gasteiger partial charge in [-0.05, 0) is 12.5 Å². The molecule has 0 aliphatic carbocycles. The maximum atomic E-state index is 3.88. The van der Waals surface area contributed by atoms with E-state index in [1.807, 2.05) is 25.1 Å². The average Bonchev–Trinajstić information content (AvgIpc) is 2.57. The van der Waals surface area contributed by atoms with Gasteiger partial charge in [0, 0.05) is 6.07 Å². The molecule has 0 atom stereocenters. The summed E-state index contributed by atoms with van der Waals surface area (Å²) in [4.78, 5) is 0. The van der Waals surface area contributed by atoms with E-state index in [-0.39, 0.29) is 0 Å². The number of nitrogens with zero attached hydrogens (tertiary/aromatic N) is 3. The number of benzene rings is 1. The molecular weight excluding hydrogens is 150 g/mol. The largest absolute Gasteiger partial charge is 0.220 e. The first kappa shape index (κ1) is 7.03. The maximum Gasteiger partial charge on any atom is 0.0771 e. The van der Waals surface area contributed by atoms with Crippen molar-refractivity contribution < 1.29 is 0 Å². The first-order valence-electron chi connectivity index (χ1n) is 3.72. The molecule has 1 aromatic heterocycles. The van der Waals surface area contributed by atoms with Crippen molar-refractivity contribution in [2.45, 2.75) is 6.92 Å². The third kappa shape index (κ3) is 1.09. The second kappa shape index (κ2) is 2.77. The summed E-state index contributed by atoms with van der Waals surface area (Å²) in [5.41, 5.74) is 2.10. The SMILES string of the molecule is Cc1ccc[c]c1-n1ccnn1. The smallest absolute Gasteiger partial charge is 0.0771 e. The van der Waals surface area contributed by atoms with Gasteiger partial charge in [0.2, 0.25) is 0 Å². The first-order chi connectivity index (χ1) is 5.88. The third-order valence-corrected chi connectivity index (χ3v) is 1.69. The summed E-state index contributed by atoms with van der Waals surface area (Å²) in [6.45, 7) is 2.02. The molecule has 1 heterocycles. The second-order valence-corrected chi connectivity index (χ2v) is 2.55. The minimum atomic E-state index is 0.954. The lowest BCUT2D eigenvalue weighted by atomic mass is 10.2. The molecular formula is C9H8N3. The molecule has 0 fully saturated rings. The molecule has 0 saturated carbocycles. The quantitative estimate of drug-likeness (QED) is 0.627. The first-order valence-corrected chi connectivity index (χ1v) is 3.72. The molecule has 3 heteroatoms.